The van der Waals surface area contributed by atoms with Gasteiger partial charge in [0, 0.05) is 26.1 Å². The molecule has 2 atom stereocenters. The van der Waals surface area contributed by atoms with Crippen LogP contribution in [0.5, 0.6) is 0 Å². The minimum Gasteiger partial charge on any atom is -0.381 e. The van der Waals surface area contributed by atoms with Gasteiger partial charge < -0.3 is 19.5 Å². The number of hydrogen-bond acceptors (Lipinski definition) is 5. The summed E-state index contributed by atoms with van der Waals surface area (Å²) in [4.78, 5) is 0. The molecule has 0 aliphatic carbocycles. The van der Waals surface area contributed by atoms with E-state index < -0.39 is 0 Å². The molecule has 3 fully saturated rings. The molecule has 2 N–H and O–H groups in total. The summed E-state index contributed by atoms with van der Waals surface area (Å²) in [6, 6.07) is 0. The molecule has 0 aromatic heterocycles. The molecule has 2 unspecified atom stereocenters. The Morgan fingerprint density at radius 3 is 2.65 bits per heavy atom. The van der Waals surface area contributed by atoms with Crippen molar-refractivity contribution in [1.29, 1.82) is 0 Å². The van der Waals surface area contributed by atoms with Gasteiger partial charge in [-0.05, 0) is 12.8 Å². The first-order chi connectivity index (χ1) is 8.33. The third kappa shape index (κ3) is 2.48. The molecule has 3 heterocycles. The summed E-state index contributed by atoms with van der Waals surface area (Å²) in [5, 5.41) is 7.12. The third-order valence-electron chi connectivity index (χ3n) is 4.02. The van der Waals surface area contributed by atoms with Crippen molar-refractivity contribution in [3.05, 3.63) is 0 Å². The summed E-state index contributed by atoms with van der Waals surface area (Å²) < 4.78 is 17.2. The molecule has 3 saturated heterocycles. The van der Waals surface area contributed by atoms with Crippen molar-refractivity contribution in [3.63, 3.8) is 0 Å². The standard InChI is InChI=1S/C12H22N2O3/c1-2-12(3-6-15-5-1)14-8-11(10-17-12)9-16-7-4-13-11/h13-14H,1-10H2. The Bertz CT molecular complexity index is 246. The molecule has 3 rings (SSSR count). The molecular formula is C12H22N2O3. The van der Waals surface area contributed by atoms with E-state index in [2.05, 4.69) is 10.6 Å². The molecule has 17 heavy (non-hydrogen) atoms. The van der Waals surface area contributed by atoms with Crippen molar-refractivity contribution < 1.29 is 14.2 Å². The molecule has 0 amide bonds. The van der Waals surface area contributed by atoms with E-state index in [4.69, 9.17) is 14.2 Å². The van der Waals surface area contributed by atoms with Crippen molar-refractivity contribution in [3.8, 4) is 0 Å². The highest BCUT2D eigenvalue weighted by Crippen LogP contribution is 2.28. The molecule has 98 valence electrons. The zero-order valence-electron chi connectivity index (χ0n) is 10.3. The average Bonchev–Trinajstić information content (AvgIpc) is 2.61. The molecule has 0 radical (unpaired) electrons. The predicted octanol–water partition coefficient (Wildman–Crippen LogP) is -0.138. The van der Waals surface area contributed by atoms with Gasteiger partial charge in [0.2, 0.25) is 0 Å². The first-order valence-electron chi connectivity index (χ1n) is 6.62. The molecule has 0 saturated carbocycles. The van der Waals surface area contributed by atoms with Crippen LogP contribution in [-0.2, 0) is 14.2 Å². The first kappa shape index (κ1) is 11.9. The second-order valence-electron chi connectivity index (χ2n) is 5.36. The zero-order chi connectivity index (χ0) is 11.6. The molecular weight excluding hydrogens is 220 g/mol. The largest absolute Gasteiger partial charge is 0.381 e. The fourth-order valence-corrected chi connectivity index (χ4v) is 2.87. The van der Waals surface area contributed by atoms with E-state index in [1.165, 1.54) is 0 Å². The lowest BCUT2D eigenvalue weighted by Gasteiger charge is -2.48. The van der Waals surface area contributed by atoms with Gasteiger partial charge in [0.25, 0.3) is 0 Å². The van der Waals surface area contributed by atoms with Crippen LogP contribution in [0.15, 0.2) is 0 Å². The van der Waals surface area contributed by atoms with E-state index >= 15 is 0 Å². The number of nitrogens with one attached hydrogen (secondary N) is 2. The van der Waals surface area contributed by atoms with E-state index in [-0.39, 0.29) is 11.3 Å². The Labute approximate surface area is 102 Å². The van der Waals surface area contributed by atoms with Crippen LogP contribution >= 0.6 is 0 Å². The van der Waals surface area contributed by atoms with Crippen LogP contribution < -0.4 is 10.6 Å². The topological polar surface area (TPSA) is 51.8 Å². The monoisotopic (exact) mass is 242 g/mol. The maximum atomic E-state index is 6.15. The number of morpholine rings is 1. The number of ether oxygens (including phenoxy) is 3. The van der Waals surface area contributed by atoms with E-state index in [9.17, 15) is 0 Å². The Kier molecular flexibility index (Phi) is 3.36. The summed E-state index contributed by atoms with van der Waals surface area (Å²) in [7, 11) is 0. The van der Waals surface area contributed by atoms with E-state index in [1.807, 2.05) is 0 Å². The SMILES string of the molecule is C1COCCC2(C1)NCC1(COCCN1)CO2. The maximum absolute atomic E-state index is 6.15. The van der Waals surface area contributed by atoms with E-state index in [1.54, 1.807) is 0 Å². The summed E-state index contributed by atoms with van der Waals surface area (Å²) in [6.45, 7) is 5.78. The van der Waals surface area contributed by atoms with Crippen LogP contribution in [0.2, 0.25) is 0 Å². The smallest absolute Gasteiger partial charge is 0.121 e. The van der Waals surface area contributed by atoms with Crippen LogP contribution in [0.4, 0.5) is 0 Å². The third-order valence-corrected chi connectivity index (χ3v) is 4.02. The maximum Gasteiger partial charge on any atom is 0.121 e. The average molecular weight is 242 g/mol. The van der Waals surface area contributed by atoms with Crippen molar-refractivity contribution in [2.24, 2.45) is 0 Å². The molecule has 5 nitrogen and oxygen atoms in total. The second-order valence-corrected chi connectivity index (χ2v) is 5.36. The molecule has 2 spiro atoms. The lowest BCUT2D eigenvalue weighted by Crippen LogP contribution is -2.70. The Balaban J connectivity index is 1.61. The van der Waals surface area contributed by atoms with Crippen LogP contribution in [0.3, 0.4) is 0 Å². The highest BCUT2D eigenvalue weighted by molar-refractivity contribution is 4.99. The highest BCUT2D eigenvalue weighted by Gasteiger charge is 2.44. The summed E-state index contributed by atoms with van der Waals surface area (Å²) >= 11 is 0. The second kappa shape index (κ2) is 4.82. The van der Waals surface area contributed by atoms with Crippen molar-refractivity contribution in [2.45, 2.75) is 30.5 Å². The highest BCUT2D eigenvalue weighted by atomic mass is 16.5. The molecule has 0 bridgehead atoms. The number of hydrogen-bond donors (Lipinski definition) is 2. The first-order valence-corrected chi connectivity index (χ1v) is 6.62. The van der Waals surface area contributed by atoms with Gasteiger partial charge in [0.1, 0.15) is 5.72 Å². The van der Waals surface area contributed by atoms with Gasteiger partial charge in [-0.25, -0.2) is 0 Å². The van der Waals surface area contributed by atoms with Gasteiger partial charge in [0.05, 0.1) is 32.0 Å². The lowest BCUT2D eigenvalue weighted by molar-refractivity contribution is -0.157. The summed E-state index contributed by atoms with van der Waals surface area (Å²) in [6.07, 6.45) is 3.07. The number of rotatable bonds is 0. The van der Waals surface area contributed by atoms with Gasteiger partial charge >= 0.3 is 0 Å². The van der Waals surface area contributed by atoms with Crippen LogP contribution in [0, 0.1) is 0 Å². The van der Waals surface area contributed by atoms with Crippen molar-refractivity contribution >= 4 is 0 Å². The van der Waals surface area contributed by atoms with Crippen molar-refractivity contribution in [2.75, 3.05) is 46.1 Å². The zero-order valence-corrected chi connectivity index (χ0v) is 10.3. The summed E-state index contributed by atoms with van der Waals surface area (Å²) in [5.74, 6) is 0. The minimum absolute atomic E-state index is 0.0172. The van der Waals surface area contributed by atoms with Crippen LogP contribution in [0.25, 0.3) is 0 Å². The quantitative estimate of drug-likeness (QED) is 0.619. The van der Waals surface area contributed by atoms with Gasteiger partial charge in [0.15, 0.2) is 0 Å². The molecule has 0 aromatic rings. The van der Waals surface area contributed by atoms with Crippen LogP contribution in [-0.4, -0.2) is 57.4 Å². The van der Waals surface area contributed by atoms with Crippen molar-refractivity contribution in [1.82, 2.24) is 10.6 Å². The van der Waals surface area contributed by atoms with Gasteiger partial charge in [-0.3, -0.25) is 5.32 Å². The normalized spacial score (nSPS) is 43.8. The fraction of sp³-hybridized carbons (Fsp3) is 1.00. The molecule has 0 aromatic carbocycles. The van der Waals surface area contributed by atoms with Crippen LogP contribution in [0.1, 0.15) is 19.3 Å². The lowest BCUT2D eigenvalue weighted by atomic mass is 9.94. The Morgan fingerprint density at radius 2 is 1.88 bits per heavy atom. The van der Waals surface area contributed by atoms with Gasteiger partial charge in [-0.1, -0.05) is 0 Å². The molecule has 3 aliphatic heterocycles. The van der Waals surface area contributed by atoms with E-state index in [0.717, 1.165) is 65.4 Å². The Hall–Kier alpha value is -0.200. The predicted molar refractivity (Wildman–Crippen MR) is 62.9 cm³/mol. The minimum atomic E-state index is -0.152. The molecule has 5 heteroatoms. The molecule has 3 aliphatic rings. The van der Waals surface area contributed by atoms with Gasteiger partial charge in [-0.2, -0.15) is 0 Å². The summed E-state index contributed by atoms with van der Waals surface area (Å²) in [5.41, 5.74) is -0.169. The van der Waals surface area contributed by atoms with Gasteiger partial charge in [-0.15, -0.1) is 0 Å². The Morgan fingerprint density at radius 1 is 0.882 bits per heavy atom. The van der Waals surface area contributed by atoms with E-state index in [0.29, 0.717) is 0 Å². The fourth-order valence-electron chi connectivity index (χ4n) is 2.87.